The average Bonchev–Trinajstić information content (AvgIpc) is 3.18. The van der Waals surface area contributed by atoms with E-state index in [1.807, 2.05) is 13.0 Å². The molecule has 2 heterocycles. The van der Waals surface area contributed by atoms with Crippen LogP contribution in [0.3, 0.4) is 0 Å². The molecular weight excluding hydrogens is 284 g/mol. The highest BCUT2D eigenvalue weighted by atomic mass is 16.4. The van der Waals surface area contributed by atoms with E-state index in [0.29, 0.717) is 18.5 Å². The maximum atomic E-state index is 12.5. The average molecular weight is 300 g/mol. The lowest BCUT2D eigenvalue weighted by molar-refractivity contribution is -0.141. The third-order valence-corrected chi connectivity index (χ3v) is 3.95. The van der Waals surface area contributed by atoms with E-state index < -0.39 is 11.9 Å². The first kappa shape index (κ1) is 14.2. The maximum absolute atomic E-state index is 12.5. The topological polar surface area (TPSA) is 88.3 Å². The zero-order valence-corrected chi connectivity index (χ0v) is 12.1. The molecule has 3 rings (SSSR count). The number of carbonyl (C=O) groups excluding carboxylic acids is 1. The molecule has 7 nitrogen and oxygen atoms in total. The molecule has 1 aromatic heterocycles. The lowest BCUT2D eigenvalue weighted by atomic mass is 10.1. The maximum Gasteiger partial charge on any atom is 0.308 e. The Bertz CT molecular complexity index is 712. The van der Waals surface area contributed by atoms with Crippen molar-refractivity contribution >= 4 is 11.9 Å². The van der Waals surface area contributed by atoms with Crippen molar-refractivity contribution in [3.8, 4) is 5.69 Å². The Kier molecular flexibility index (Phi) is 3.62. The zero-order chi connectivity index (χ0) is 15.7. The van der Waals surface area contributed by atoms with Crippen molar-refractivity contribution in [3.05, 3.63) is 42.0 Å². The van der Waals surface area contributed by atoms with Gasteiger partial charge in [0.25, 0.3) is 5.91 Å². The Morgan fingerprint density at radius 2 is 2.18 bits per heavy atom. The molecule has 1 aromatic carbocycles. The van der Waals surface area contributed by atoms with Crippen LogP contribution in [0.5, 0.6) is 0 Å². The summed E-state index contributed by atoms with van der Waals surface area (Å²) < 4.78 is 1.62. The van der Waals surface area contributed by atoms with E-state index in [0.717, 1.165) is 11.3 Å². The van der Waals surface area contributed by atoms with Gasteiger partial charge in [0.15, 0.2) is 0 Å². The molecular formula is C15H16N4O3. The molecule has 1 saturated heterocycles. The van der Waals surface area contributed by atoms with Gasteiger partial charge in [0.05, 0.1) is 11.6 Å². The van der Waals surface area contributed by atoms with Crippen molar-refractivity contribution in [2.45, 2.75) is 13.3 Å². The van der Waals surface area contributed by atoms with Crippen molar-refractivity contribution in [2.24, 2.45) is 5.92 Å². The highest BCUT2D eigenvalue weighted by molar-refractivity contribution is 5.96. The molecule has 0 spiro atoms. The predicted octanol–water partition coefficient (Wildman–Crippen LogP) is 1.12. The summed E-state index contributed by atoms with van der Waals surface area (Å²) in [6.45, 7) is 2.62. The summed E-state index contributed by atoms with van der Waals surface area (Å²) in [7, 11) is 0. The van der Waals surface area contributed by atoms with Crippen LogP contribution in [0.2, 0.25) is 0 Å². The molecule has 1 fully saturated rings. The van der Waals surface area contributed by atoms with Crippen molar-refractivity contribution < 1.29 is 14.7 Å². The van der Waals surface area contributed by atoms with E-state index in [2.05, 4.69) is 10.1 Å². The second-order valence-corrected chi connectivity index (χ2v) is 5.41. The van der Waals surface area contributed by atoms with Gasteiger partial charge in [-0.05, 0) is 37.1 Å². The monoisotopic (exact) mass is 300 g/mol. The number of carboxylic acid groups (broad SMARTS) is 1. The number of hydrogen-bond donors (Lipinski definition) is 1. The van der Waals surface area contributed by atoms with Gasteiger partial charge in [-0.25, -0.2) is 9.67 Å². The Morgan fingerprint density at radius 3 is 2.77 bits per heavy atom. The number of aromatic nitrogens is 3. The number of hydrogen-bond acceptors (Lipinski definition) is 4. The Labute approximate surface area is 127 Å². The lowest BCUT2D eigenvalue weighted by Crippen LogP contribution is -2.30. The van der Waals surface area contributed by atoms with E-state index >= 15 is 0 Å². The summed E-state index contributed by atoms with van der Waals surface area (Å²) >= 11 is 0. The van der Waals surface area contributed by atoms with E-state index in [1.165, 1.54) is 6.33 Å². The molecule has 1 amide bonds. The number of benzene rings is 1. The molecule has 1 aliphatic heterocycles. The fourth-order valence-corrected chi connectivity index (χ4v) is 2.69. The minimum Gasteiger partial charge on any atom is -0.481 e. The molecule has 2 aromatic rings. The van der Waals surface area contributed by atoms with Crippen LogP contribution < -0.4 is 0 Å². The summed E-state index contributed by atoms with van der Waals surface area (Å²) in [5.74, 6) is -1.42. The second kappa shape index (κ2) is 5.59. The SMILES string of the molecule is Cc1cc(-n2cncn2)ccc1C(=O)N1CCC(C(=O)O)C1. The van der Waals surface area contributed by atoms with Gasteiger partial charge in [0, 0.05) is 18.7 Å². The third-order valence-electron chi connectivity index (χ3n) is 3.95. The van der Waals surface area contributed by atoms with Crippen LogP contribution in [0.1, 0.15) is 22.3 Å². The normalized spacial score (nSPS) is 17.7. The zero-order valence-electron chi connectivity index (χ0n) is 12.1. The Hall–Kier alpha value is -2.70. The number of rotatable bonds is 3. The first-order valence-corrected chi connectivity index (χ1v) is 7.04. The highest BCUT2D eigenvalue weighted by Gasteiger charge is 2.31. The van der Waals surface area contributed by atoms with Gasteiger partial charge in [-0.1, -0.05) is 0 Å². The van der Waals surface area contributed by atoms with Gasteiger partial charge in [-0.3, -0.25) is 9.59 Å². The largest absolute Gasteiger partial charge is 0.481 e. The number of aliphatic carboxylic acids is 1. The number of likely N-dealkylation sites (tertiary alicyclic amines) is 1. The summed E-state index contributed by atoms with van der Waals surface area (Å²) in [6.07, 6.45) is 3.55. The molecule has 1 unspecified atom stereocenters. The van der Waals surface area contributed by atoms with Crippen molar-refractivity contribution in [1.82, 2.24) is 19.7 Å². The third kappa shape index (κ3) is 2.57. The summed E-state index contributed by atoms with van der Waals surface area (Å²) in [5, 5.41) is 13.1. The van der Waals surface area contributed by atoms with Crippen molar-refractivity contribution in [3.63, 3.8) is 0 Å². The van der Waals surface area contributed by atoms with E-state index in [-0.39, 0.29) is 12.5 Å². The number of amides is 1. The Balaban J connectivity index is 1.80. The fraction of sp³-hybridized carbons (Fsp3) is 0.333. The minimum atomic E-state index is -0.839. The van der Waals surface area contributed by atoms with Gasteiger partial charge >= 0.3 is 5.97 Å². The van der Waals surface area contributed by atoms with E-state index in [1.54, 1.807) is 28.0 Å². The number of carbonyl (C=O) groups is 2. The van der Waals surface area contributed by atoms with E-state index in [4.69, 9.17) is 5.11 Å². The standard InChI is InChI=1S/C15H16N4O3/c1-10-6-12(19-9-16-8-17-19)2-3-13(10)14(20)18-5-4-11(7-18)15(21)22/h2-3,6,8-9,11H,4-5,7H2,1H3,(H,21,22). The van der Waals surface area contributed by atoms with Crippen LogP contribution in [-0.4, -0.2) is 49.7 Å². The Morgan fingerprint density at radius 1 is 1.36 bits per heavy atom. The second-order valence-electron chi connectivity index (χ2n) is 5.41. The molecule has 0 radical (unpaired) electrons. The van der Waals surface area contributed by atoms with Crippen LogP contribution in [0, 0.1) is 12.8 Å². The summed E-state index contributed by atoms with van der Waals surface area (Å²) in [5.41, 5.74) is 2.25. The quantitative estimate of drug-likeness (QED) is 0.917. The van der Waals surface area contributed by atoms with Crippen LogP contribution >= 0.6 is 0 Å². The number of aryl methyl sites for hydroxylation is 1. The smallest absolute Gasteiger partial charge is 0.308 e. The molecule has 22 heavy (non-hydrogen) atoms. The lowest BCUT2D eigenvalue weighted by Gasteiger charge is -2.17. The molecule has 7 heteroatoms. The molecule has 0 saturated carbocycles. The van der Waals surface area contributed by atoms with Crippen LogP contribution in [0.15, 0.2) is 30.9 Å². The fourth-order valence-electron chi connectivity index (χ4n) is 2.69. The molecule has 1 atom stereocenters. The van der Waals surface area contributed by atoms with Gasteiger partial charge < -0.3 is 10.0 Å². The van der Waals surface area contributed by atoms with Gasteiger partial charge in [0.2, 0.25) is 0 Å². The van der Waals surface area contributed by atoms with E-state index in [9.17, 15) is 9.59 Å². The van der Waals surface area contributed by atoms with Gasteiger partial charge in [-0.15, -0.1) is 0 Å². The molecule has 0 aliphatic carbocycles. The summed E-state index contributed by atoms with van der Waals surface area (Å²) in [4.78, 5) is 29.0. The van der Waals surface area contributed by atoms with Crippen LogP contribution in [0.4, 0.5) is 0 Å². The predicted molar refractivity (Wildman–Crippen MR) is 77.7 cm³/mol. The highest BCUT2D eigenvalue weighted by Crippen LogP contribution is 2.21. The summed E-state index contributed by atoms with van der Waals surface area (Å²) in [6, 6.07) is 5.43. The van der Waals surface area contributed by atoms with Crippen LogP contribution in [0.25, 0.3) is 5.69 Å². The van der Waals surface area contributed by atoms with Crippen molar-refractivity contribution in [2.75, 3.05) is 13.1 Å². The number of carboxylic acids is 1. The van der Waals surface area contributed by atoms with Crippen molar-refractivity contribution in [1.29, 1.82) is 0 Å². The molecule has 0 bridgehead atoms. The molecule has 114 valence electrons. The van der Waals surface area contributed by atoms with Crippen LogP contribution in [-0.2, 0) is 4.79 Å². The number of nitrogens with zero attached hydrogens (tertiary/aromatic N) is 4. The van der Waals surface area contributed by atoms with Gasteiger partial charge in [-0.2, -0.15) is 5.10 Å². The first-order chi connectivity index (χ1) is 10.6. The van der Waals surface area contributed by atoms with Gasteiger partial charge in [0.1, 0.15) is 12.7 Å². The molecule has 1 N–H and O–H groups in total. The molecule has 1 aliphatic rings. The first-order valence-electron chi connectivity index (χ1n) is 7.04. The minimum absolute atomic E-state index is 0.119.